The van der Waals surface area contributed by atoms with Crippen LogP contribution in [0.4, 0.5) is 11.4 Å². The molecular formula is C14H10BrClN2O3. The fourth-order valence-corrected chi connectivity index (χ4v) is 2.37. The summed E-state index contributed by atoms with van der Waals surface area (Å²) in [4.78, 5) is 22.7. The van der Waals surface area contributed by atoms with Crippen molar-refractivity contribution < 1.29 is 9.72 Å². The predicted octanol–water partition coefficient (Wildman–Crippen LogP) is 4.57. The fraction of sp³-hybridized carbons (Fsp3) is 0.0714. The third kappa shape index (κ3) is 3.59. The first-order chi connectivity index (χ1) is 9.88. The van der Waals surface area contributed by atoms with E-state index in [9.17, 15) is 14.9 Å². The lowest BCUT2D eigenvalue weighted by Gasteiger charge is -2.08. The minimum Gasteiger partial charge on any atom is -0.316 e. The summed E-state index contributed by atoms with van der Waals surface area (Å²) in [7, 11) is 0. The average Bonchev–Trinajstić information content (AvgIpc) is 2.41. The summed E-state index contributed by atoms with van der Waals surface area (Å²) >= 11 is 9.11. The third-order valence-corrected chi connectivity index (χ3v) is 3.70. The lowest BCUT2D eigenvalue weighted by Crippen LogP contribution is -2.14. The number of rotatable bonds is 3. The summed E-state index contributed by atoms with van der Waals surface area (Å²) in [5.74, 6) is -0.474. The molecule has 7 heteroatoms. The van der Waals surface area contributed by atoms with E-state index >= 15 is 0 Å². The maximum atomic E-state index is 12.3. The molecule has 21 heavy (non-hydrogen) atoms. The first-order valence-electron chi connectivity index (χ1n) is 5.90. The van der Waals surface area contributed by atoms with Crippen molar-refractivity contribution in [3.8, 4) is 0 Å². The highest BCUT2D eigenvalue weighted by molar-refractivity contribution is 9.10. The van der Waals surface area contributed by atoms with Crippen LogP contribution < -0.4 is 5.32 Å². The van der Waals surface area contributed by atoms with Crippen molar-refractivity contribution in [3.63, 3.8) is 0 Å². The second kappa shape index (κ2) is 6.24. The molecular weight excluding hydrogens is 360 g/mol. The number of carbonyl (C=O) groups excluding carboxylic acids is 1. The molecule has 0 fully saturated rings. The molecule has 1 N–H and O–H groups in total. The number of nitro benzene ring substituents is 1. The van der Waals surface area contributed by atoms with Gasteiger partial charge in [0.1, 0.15) is 5.69 Å². The van der Waals surface area contributed by atoms with Crippen LogP contribution in [-0.4, -0.2) is 10.8 Å². The van der Waals surface area contributed by atoms with Gasteiger partial charge in [-0.25, -0.2) is 0 Å². The normalized spacial score (nSPS) is 10.2. The van der Waals surface area contributed by atoms with E-state index in [2.05, 4.69) is 21.2 Å². The van der Waals surface area contributed by atoms with E-state index in [1.807, 2.05) is 0 Å². The van der Waals surface area contributed by atoms with Crippen molar-refractivity contribution in [2.75, 3.05) is 5.32 Å². The quantitative estimate of drug-likeness (QED) is 0.636. The van der Waals surface area contributed by atoms with Crippen molar-refractivity contribution in [2.45, 2.75) is 6.92 Å². The monoisotopic (exact) mass is 368 g/mol. The molecule has 0 aliphatic carbocycles. The molecule has 0 unspecified atom stereocenters. The average molecular weight is 370 g/mol. The van der Waals surface area contributed by atoms with E-state index in [0.29, 0.717) is 15.1 Å². The van der Waals surface area contributed by atoms with E-state index in [0.717, 1.165) is 5.56 Å². The van der Waals surface area contributed by atoms with E-state index in [-0.39, 0.29) is 11.4 Å². The highest BCUT2D eigenvalue weighted by atomic mass is 79.9. The third-order valence-electron chi connectivity index (χ3n) is 2.77. The molecule has 0 aromatic heterocycles. The molecule has 0 aliphatic heterocycles. The number of aryl methyl sites for hydroxylation is 1. The first kappa shape index (κ1) is 15.5. The van der Waals surface area contributed by atoms with Crippen LogP contribution in [0.1, 0.15) is 15.9 Å². The van der Waals surface area contributed by atoms with Gasteiger partial charge in [-0.1, -0.05) is 17.7 Å². The second-order valence-corrected chi connectivity index (χ2v) is 5.65. The smallest absolute Gasteiger partial charge is 0.292 e. The number of nitro groups is 1. The van der Waals surface area contributed by atoms with E-state index in [1.165, 1.54) is 12.1 Å². The molecule has 5 nitrogen and oxygen atoms in total. The number of amides is 1. The predicted molar refractivity (Wildman–Crippen MR) is 84.9 cm³/mol. The Hall–Kier alpha value is -1.92. The maximum Gasteiger partial charge on any atom is 0.292 e. The topological polar surface area (TPSA) is 72.2 Å². The van der Waals surface area contributed by atoms with Gasteiger partial charge in [0.25, 0.3) is 11.6 Å². The lowest BCUT2D eigenvalue weighted by atomic mass is 10.1. The molecule has 2 aromatic rings. The van der Waals surface area contributed by atoms with Crippen LogP contribution in [0.15, 0.2) is 40.9 Å². The molecule has 0 radical (unpaired) electrons. The Morgan fingerprint density at radius 3 is 2.67 bits per heavy atom. The molecule has 0 aliphatic rings. The number of nitrogens with zero attached hydrogens (tertiary/aromatic N) is 1. The lowest BCUT2D eigenvalue weighted by molar-refractivity contribution is -0.383. The molecule has 0 heterocycles. The van der Waals surface area contributed by atoms with Gasteiger partial charge in [-0.3, -0.25) is 14.9 Å². The van der Waals surface area contributed by atoms with E-state index < -0.39 is 10.8 Å². The molecule has 0 atom stereocenters. The molecule has 0 bridgehead atoms. The van der Waals surface area contributed by atoms with Gasteiger partial charge in [-0.15, -0.1) is 0 Å². The Morgan fingerprint density at radius 1 is 1.29 bits per heavy atom. The van der Waals surface area contributed by atoms with E-state index in [1.54, 1.807) is 31.2 Å². The zero-order valence-electron chi connectivity index (χ0n) is 10.9. The molecule has 1 amide bonds. The SMILES string of the molecule is Cc1ccc([N+](=O)[O-])c(NC(=O)c2cc(Cl)ccc2Br)c1. The second-order valence-electron chi connectivity index (χ2n) is 4.36. The summed E-state index contributed by atoms with van der Waals surface area (Å²) in [6, 6.07) is 9.29. The van der Waals surface area contributed by atoms with Gasteiger partial charge >= 0.3 is 0 Å². The Morgan fingerprint density at radius 2 is 2.00 bits per heavy atom. The van der Waals surface area contributed by atoms with Crippen molar-refractivity contribution in [1.29, 1.82) is 0 Å². The van der Waals surface area contributed by atoms with Gasteiger partial charge in [-0.05, 0) is 52.7 Å². The number of anilines is 1. The number of benzene rings is 2. The van der Waals surface area contributed by atoms with Crippen LogP contribution >= 0.6 is 27.5 Å². The van der Waals surface area contributed by atoms with Crippen molar-refractivity contribution in [1.82, 2.24) is 0 Å². The molecule has 2 aromatic carbocycles. The highest BCUT2D eigenvalue weighted by Crippen LogP contribution is 2.27. The molecule has 108 valence electrons. The van der Waals surface area contributed by atoms with E-state index in [4.69, 9.17) is 11.6 Å². The Kier molecular flexibility index (Phi) is 4.59. The number of hydrogen-bond acceptors (Lipinski definition) is 3. The zero-order chi connectivity index (χ0) is 15.6. The number of carbonyl (C=O) groups is 1. The van der Waals surface area contributed by atoms with Gasteiger partial charge in [0.15, 0.2) is 0 Å². The van der Waals surface area contributed by atoms with Gasteiger partial charge in [0.05, 0.1) is 10.5 Å². The Balaban J connectivity index is 2.38. The highest BCUT2D eigenvalue weighted by Gasteiger charge is 2.18. The van der Waals surface area contributed by atoms with Crippen LogP contribution in [0.3, 0.4) is 0 Å². The number of hydrogen-bond donors (Lipinski definition) is 1. The molecule has 0 spiro atoms. The largest absolute Gasteiger partial charge is 0.316 e. The Labute approximate surface area is 134 Å². The summed E-state index contributed by atoms with van der Waals surface area (Å²) < 4.78 is 0.555. The number of halogens is 2. The zero-order valence-corrected chi connectivity index (χ0v) is 13.2. The Bertz CT molecular complexity index is 734. The van der Waals surface area contributed by atoms with Gasteiger partial charge < -0.3 is 5.32 Å². The van der Waals surface area contributed by atoms with Crippen LogP contribution in [0.25, 0.3) is 0 Å². The molecule has 0 saturated carbocycles. The van der Waals surface area contributed by atoms with Gasteiger partial charge in [-0.2, -0.15) is 0 Å². The minimum atomic E-state index is -0.540. The van der Waals surface area contributed by atoms with Crippen LogP contribution in [0.2, 0.25) is 5.02 Å². The molecule has 2 rings (SSSR count). The fourth-order valence-electron chi connectivity index (χ4n) is 1.77. The van der Waals surface area contributed by atoms with Crippen molar-refractivity contribution >= 4 is 44.8 Å². The van der Waals surface area contributed by atoms with Gasteiger partial charge in [0.2, 0.25) is 0 Å². The standard InChI is InChI=1S/C14H10BrClN2O3/c1-8-2-5-13(18(20)21)12(6-8)17-14(19)10-7-9(16)3-4-11(10)15/h2-7H,1H3,(H,17,19). The molecule has 0 saturated heterocycles. The van der Waals surface area contributed by atoms with Crippen molar-refractivity contribution in [2.24, 2.45) is 0 Å². The summed E-state index contributed by atoms with van der Waals surface area (Å²) in [5, 5.41) is 13.9. The first-order valence-corrected chi connectivity index (χ1v) is 7.07. The van der Waals surface area contributed by atoms with Crippen LogP contribution in [0.5, 0.6) is 0 Å². The minimum absolute atomic E-state index is 0.150. The van der Waals surface area contributed by atoms with Crippen LogP contribution in [0, 0.1) is 17.0 Å². The summed E-state index contributed by atoms with van der Waals surface area (Å²) in [5.41, 5.74) is 1.10. The van der Waals surface area contributed by atoms with Crippen LogP contribution in [-0.2, 0) is 0 Å². The summed E-state index contributed by atoms with van der Waals surface area (Å²) in [6.07, 6.45) is 0. The van der Waals surface area contributed by atoms with Crippen molar-refractivity contribution in [3.05, 3.63) is 67.1 Å². The summed E-state index contributed by atoms with van der Waals surface area (Å²) in [6.45, 7) is 1.79. The van der Waals surface area contributed by atoms with Gasteiger partial charge in [0, 0.05) is 15.6 Å². The maximum absolute atomic E-state index is 12.3. The number of nitrogens with one attached hydrogen (secondary N) is 1.